The van der Waals surface area contributed by atoms with Gasteiger partial charge in [0.1, 0.15) is 0 Å². The van der Waals surface area contributed by atoms with E-state index in [0.29, 0.717) is 0 Å². The molecule has 0 atom stereocenters. The van der Waals surface area contributed by atoms with Crippen LogP contribution in [0.25, 0.3) is 5.52 Å². The molecule has 0 saturated carbocycles. The molecule has 64 valence electrons. The zero-order valence-corrected chi connectivity index (χ0v) is 7.91. The number of aromatic nitrogens is 1. The van der Waals surface area contributed by atoms with E-state index in [9.17, 15) is 0 Å². The third-order valence-corrected chi connectivity index (χ3v) is 1.67. The summed E-state index contributed by atoms with van der Waals surface area (Å²) in [5, 5.41) is 0. The number of aryl methyl sites for hydroxylation is 1. The van der Waals surface area contributed by atoms with E-state index in [1.54, 1.807) is 0 Å². The zero-order valence-electron chi connectivity index (χ0n) is 7.91. The molecular formula is C11H15N. The summed E-state index contributed by atoms with van der Waals surface area (Å²) in [6.07, 6.45) is 4.18. The van der Waals surface area contributed by atoms with Gasteiger partial charge in [-0.25, -0.2) is 0 Å². The molecular weight excluding hydrogens is 146 g/mol. The van der Waals surface area contributed by atoms with Crippen molar-refractivity contribution in [2.75, 3.05) is 0 Å². The van der Waals surface area contributed by atoms with Crippen molar-refractivity contribution in [3.05, 3.63) is 42.2 Å². The summed E-state index contributed by atoms with van der Waals surface area (Å²) in [5.74, 6) is 0. The van der Waals surface area contributed by atoms with Crippen molar-refractivity contribution in [1.29, 1.82) is 0 Å². The molecule has 2 aromatic rings. The van der Waals surface area contributed by atoms with Gasteiger partial charge < -0.3 is 4.40 Å². The summed E-state index contributed by atoms with van der Waals surface area (Å²) < 4.78 is 2.12. The van der Waals surface area contributed by atoms with Crippen molar-refractivity contribution in [1.82, 2.24) is 4.40 Å². The van der Waals surface area contributed by atoms with E-state index in [4.69, 9.17) is 0 Å². The fourth-order valence-corrected chi connectivity index (χ4v) is 1.14. The molecule has 0 unspecified atom stereocenters. The van der Waals surface area contributed by atoms with Gasteiger partial charge in [0.15, 0.2) is 0 Å². The monoisotopic (exact) mass is 161 g/mol. The standard InChI is InChI=1S/C9H9N.C2H6/c1-8-4-5-9-3-2-6-10(9)7-8;1-2/h2-7H,1H3;1-2H3. The van der Waals surface area contributed by atoms with Crippen molar-refractivity contribution < 1.29 is 0 Å². The normalized spacial score (nSPS) is 9.25. The molecule has 0 amide bonds. The van der Waals surface area contributed by atoms with Crippen LogP contribution in [0.5, 0.6) is 0 Å². The Hall–Kier alpha value is -1.24. The molecule has 12 heavy (non-hydrogen) atoms. The predicted molar refractivity (Wildman–Crippen MR) is 53.5 cm³/mol. The van der Waals surface area contributed by atoms with Crippen molar-refractivity contribution in [3.8, 4) is 0 Å². The number of pyridine rings is 1. The molecule has 0 bridgehead atoms. The van der Waals surface area contributed by atoms with Crippen LogP contribution in [0.2, 0.25) is 0 Å². The maximum Gasteiger partial charge on any atom is 0.0450 e. The smallest absolute Gasteiger partial charge is 0.0450 e. The van der Waals surface area contributed by atoms with Gasteiger partial charge in [0.2, 0.25) is 0 Å². The highest BCUT2D eigenvalue weighted by Gasteiger charge is 1.88. The first-order valence-electron chi connectivity index (χ1n) is 4.39. The Balaban J connectivity index is 0.000000336. The van der Waals surface area contributed by atoms with Crippen LogP contribution in [0.4, 0.5) is 0 Å². The van der Waals surface area contributed by atoms with Gasteiger partial charge in [-0.1, -0.05) is 19.9 Å². The maximum atomic E-state index is 2.12. The van der Waals surface area contributed by atoms with Crippen molar-refractivity contribution in [3.63, 3.8) is 0 Å². The van der Waals surface area contributed by atoms with Gasteiger partial charge in [0.25, 0.3) is 0 Å². The Kier molecular flexibility index (Phi) is 2.92. The van der Waals surface area contributed by atoms with Crippen molar-refractivity contribution in [2.45, 2.75) is 20.8 Å². The molecule has 0 fully saturated rings. The van der Waals surface area contributed by atoms with Gasteiger partial charge in [-0.2, -0.15) is 0 Å². The van der Waals surface area contributed by atoms with Crippen LogP contribution in [-0.4, -0.2) is 4.40 Å². The molecule has 0 N–H and O–H groups in total. The van der Waals surface area contributed by atoms with E-state index < -0.39 is 0 Å². The summed E-state index contributed by atoms with van der Waals surface area (Å²) in [6, 6.07) is 8.39. The number of hydrogen-bond acceptors (Lipinski definition) is 0. The third kappa shape index (κ3) is 1.67. The van der Waals surface area contributed by atoms with E-state index in [-0.39, 0.29) is 0 Å². The molecule has 0 aliphatic rings. The van der Waals surface area contributed by atoms with Gasteiger partial charge >= 0.3 is 0 Å². The Morgan fingerprint density at radius 2 is 1.83 bits per heavy atom. The van der Waals surface area contributed by atoms with Crippen LogP contribution < -0.4 is 0 Å². The minimum Gasteiger partial charge on any atom is -0.324 e. The van der Waals surface area contributed by atoms with Gasteiger partial charge in [0.05, 0.1) is 0 Å². The molecule has 0 aliphatic carbocycles. The van der Waals surface area contributed by atoms with Gasteiger partial charge in [-0.15, -0.1) is 0 Å². The fraction of sp³-hybridized carbons (Fsp3) is 0.273. The Morgan fingerprint density at radius 1 is 1.08 bits per heavy atom. The molecule has 2 heterocycles. The SMILES string of the molecule is CC.Cc1ccc2cccn2c1. The Morgan fingerprint density at radius 3 is 2.58 bits per heavy atom. The average molecular weight is 161 g/mol. The summed E-state index contributed by atoms with van der Waals surface area (Å²) in [7, 11) is 0. The Bertz CT molecular complexity index is 347. The molecule has 1 nitrogen and oxygen atoms in total. The first kappa shape index (κ1) is 8.85. The van der Waals surface area contributed by atoms with Crippen LogP contribution in [0.3, 0.4) is 0 Å². The van der Waals surface area contributed by atoms with Gasteiger partial charge in [-0.05, 0) is 30.7 Å². The third-order valence-electron chi connectivity index (χ3n) is 1.67. The fourth-order valence-electron chi connectivity index (χ4n) is 1.14. The first-order chi connectivity index (χ1) is 5.86. The number of rotatable bonds is 0. The van der Waals surface area contributed by atoms with E-state index in [1.807, 2.05) is 13.8 Å². The second kappa shape index (κ2) is 3.96. The van der Waals surface area contributed by atoms with E-state index >= 15 is 0 Å². The van der Waals surface area contributed by atoms with Crippen LogP contribution in [0.15, 0.2) is 36.7 Å². The molecule has 0 aromatic carbocycles. The highest BCUT2D eigenvalue weighted by atomic mass is 14.8. The number of hydrogen-bond donors (Lipinski definition) is 0. The van der Waals surface area contributed by atoms with Gasteiger partial charge in [0, 0.05) is 17.9 Å². The lowest BCUT2D eigenvalue weighted by atomic mass is 10.3. The predicted octanol–water partition coefficient (Wildman–Crippen LogP) is 3.27. The summed E-state index contributed by atoms with van der Waals surface area (Å²) >= 11 is 0. The number of nitrogens with zero attached hydrogens (tertiary/aromatic N) is 1. The quantitative estimate of drug-likeness (QED) is 0.558. The molecule has 0 aliphatic heterocycles. The Labute approximate surface area is 73.7 Å². The molecule has 2 rings (SSSR count). The van der Waals surface area contributed by atoms with Crippen LogP contribution in [0.1, 0.15) is 19.4 Å². The minimum absolute atomic E-state index is 1.26. The molecule has 2 aromatic heterocycles. The van der Waals surface area contributed by atoms with Crippen molar-refractivity contribution >= 4 is 5.52 Å². The summed E-state index contributed by atoms with van der Waals surface area (Å²) in [4.78, 5) is 0. The van der Waals surface area contributed by atoms with Crippen LogP contribution in [0, 0.1) is 6.92 Å². The highest BCUT2D eigenvalue weighted by molar-refractivity contribution is 5.47. The van der Waals surface area contributed by atoms with Gasteiger partial charge in [-0.3, -0.25) is 0 Å². The zero-order chi connectivity index (χ0) is 8.97. The lowest BCUT2D eigenvalue weighted by molar-refractivity contribution is 1.17. The lowest BCUT2D eigenvalue weighted by Crippen LogP contribution is -1.81. The second-order valence-electron chi connectivity index (χ2n) is 2.55. The topological polar surface area (TPSA) is 4.41 Å². The second-order valence-corrected chi connectivity index (χ2v) is 2.55. The molecule has 0 spiro atoms. The molecule has 0 radical (unpaired) electrons. The highest BCUT2D eigenvalue weighted by Crippen LogP contribution is 2.05. The average Bonchev–Trinajstić information content (AvgIpc) is 2.54. The molecule has 1 heteroatoms. The van der Waals surface area contributed by atoms with Crippen LogP contribution >= 0.6 is 0 Å². The van der Waals surface area contributed by atoms with E-state index in [1.165, 1.54) is 11.1 Å². The number of fused-ring (bicyclic) bond motifs is 1. The van der Waals surface area contributed by atoms with Crippen LogP contribution in [-0.2, 0) is 0 Å². The van der Waals surface area contributed by atoms with E-state index in [0.717, 1.165) is 0 Å². The largest absolute Gasteiger partial charge is 0.324 e. The lowest BCUT2D eigenvalue weighted by Gasteiger charge is -1.94. The summed E-state index contributed by atoms with van der Waals surface area (Å²) in [6.45, 7) is 6.10. The minimum atomic E-state index is 1.26. The van der Waals surface area contributed by atoms with E-state index in [2.05, 4.69) is 48.0 Å². The summed E-state index contributed by atoms with van der Waals surface area (Å²) in [5.41, 5.74) is 2.55. The first-order valence-corrected chi connectivity index (χ1v) is 4.39. The maximum absolute atomic E-state index is 2.12. The molecule has 0 saturated heterocycles. The van der Waals surface area contributed by atoms with Crippen molar-refractivity contribution in [2.24, 2.45) is 0 Å².